The molecule has 0 aliphatic carbocycles. The first-order valence-corrected chi connectivity index (χ1v) is 6.46. The van der Waals surface area contributed by atoms with Crippen LogP contribution >= 0.6 is 0 Å². The van der Waals surface area contributed by atoms with E-state index in [2.05, 4.69) is 5.32 Å². The number of urea groups is 1. The summed E-state index contributed by atoms with van der Waals surface area (Å²) >= 11 is 0. The fraction of sp³-hybridized carbons (Fsp3) is 0.357. The number of amides is 4. The van der Waals surface area contributed by atoms with Gasteiger partial charge >= 0.3 is 6.03 Å². The van der Waals surface area contributed by atoms with Gasteiger partial charge in [-0.1, -0.05) is 12.1 Å². The molecule has 21 heavy (non-hydrogen) atoms. The van der Waals surface area contributed by atoms with Crippen molar-refractivity contribution in [2.24, 2.45) is 0 Å². The number of methoxy groups -OCH3 is 1. The Kier molecular flexibility index (Phi) is 4.42. The van der Waals surface area contributed by atoms with Gasteiger partial charge in [-0.05, 0) is 17.7 Å². The van der Waals surface area contributed by atoms with Gasteiger partial charge in [-0.3, -0.25) is 14.5 Å². The Morgan fingerprint density at radius 2 is 1.95 bits per heavy atom. The molecule has 0 bridgehead atoms. The largest absolute Gasteiger partial charge is 0.497 e. The Hall–Kier alpha value is -2.57. The predicted molar refractivity (Wildman–Crippen MR) is 74.6 cm³/mol. The number of ether oxygens (including phenoxy) is 1. The minimum absolute atomic E-state index is 0.0184. The predicted octanol–water partition coefficient (Wildman–Crippen LogP) is 0.205. The summed E-state index contributed by atoms with van der Waals surface area (Å²) in [6.45, 7) is 0.0949. The first-order valence-electron chi connectivity index (χ1n) is 6.46. The second-order valence-electron chi connectivity index (χ2n) is 4.74. The fourth-order valence-electron chi connectivity index (χ4n) is 1.97. The number of rotatable bonds is 5. The molecule has 0 aromatic heterocycles. The van der Waals surface area contributed by atoms with Gasteiger partial charge in [0, 0.05) is 13.6 Å². The average Bonchev–Trinajstić information content (AvgIpc) is 2.72. The molecule has 4 amide bonds. The maximum absolute atomic E-state index is 11.8. The molecule has 1 fully saturated rings. The van der Waals surface area contributed by atoms with E-state index in [0.717, 1.165) is 16.2 Å². The highest BCUT2D eigenvalue weighted by atomic mass is 16.5. The Morgan fingerprint density at radius 1 is 1.29 bits per heavy atom. The third-order valence-electron chi connectivity index (χ3n) is 3.18. The molecule has 112 valence electrons. The third-order valence-corrected chi connectivity index (χ3v) is 3.18. The summed E-state index contributed by atoms with van der Waals surface area (Å²) in [6, 6.07) is 6.81. The van der Waals surface area contributed by atoms with E-state index >= 15 is 0 Å². The van der Waals surface area contributed by atoms with E-state index in [9.17, 15) is 14.4 Å². The maximum atomic E-state index is 11.8. The van der Waals surface area contributed by atoms with Crippen LogP contribution in [0.2, 0.25) is 0 Å². The molecular weight excluding hydrogens is 274 g/mol. The van der Waals surface area contributed by atoms with Gasteiger partial charge in [0.05, 0.1) is 7.11 Å². The molecule has 1 aliphatic rings. The standard InChI is InChI=1S/C14H17N3O4/c1-16-9-13(19)17(14(16)20)8-12(18)15-7-10-3-5-11(21-2)6-4-10/h3-6H,7-9H2,1-2H3,(H,15,18). The van der Waals surface area contributed by atoms with Crippen LogP contribution in [0.5, 0.6) is 5.75 Å². The summed E-state index contributed by atoms with van der Waals surface area (Å²) in [5.41, 5.74) is 0.903. The van der Waals surface area contributed by atoms with Crippen LogP contribution in [-0.4, -0.2) is 54.9 Å². The van der Waals surface area contributed by atoms with Crippen molar-refractivity contribution in [1.82, 2.24) is 15.1 Å². The summed E-state index contributed by atoms with van der Waals surface area (Å²) in [5.74, 6) is 0.00582. The van der Waals surface area contributed by atoms with Gasteiger partial charge in [0.2, 0.25) is 5.91 Å². The molecule has 0 spiro atoms. The molecule has 1 heterocycles. The zero-order chi connectivity index (χ0) is 15.4. The third kappa shape index (κ3) is 3.50. The Bertz CT molecular complexity index is 556. The SMILES string of the molecule is COc1ccc(CNC(=O)CN2C(=O)CN(C)C2=O)cc1. The number of hydrogen-bond acceptors (Lipinski definition) is 4. The van der Waals surface area contributed by atoms with Gasteiger partial charge < -0.3 is 15.0 Å². The van der Waals surface area contributed by atoms with E-state index in [1.54, 1.807) is 19.2 Å². The molecule has 1 saturated heterocycles. The lowest BCUT2D eigenvalue weighted by atomic mass is 10.2. The van der Waals surface area contributed by atoms with Crippen LogP contribution < -0.4 is 10.1 Å². The van der Waals surface area contributed by atoms with E-state index in [1.807, 2.05) is 12.1 Å². The van der Waals surface area contributed by atoms with Crippen molar-refractivity contribution in [3.8, 4) is 5.75 Å². The maximum Gasteiger partial charge on any atom is 0.327 e. The van der Waals surface area contributed by atoms with Gasteiger partial charge in [0.15, 0.2) is 0 Å². The molecule has 7 nitrogen and oxygen atoms in total. The zero-order valence-corrected chi connectivity index (χ0v) is 12.0. The van der Waals surface area contributed by atoms with Crippen molar-refractivity contribution in [1.29, 1.82) is 0 Å². The summed E-state index contributed by atoms with van der Waals surface area (Å²) in [7, 11) is 3.10. The number of carbonyl (C=O) groups excluding carboxylic acids is 3. The minimum Gasteiger partial charge on any atom is -0.497 e. The normalized spacial score (nSPS) is 14.6. The van der Waals surface area contributed by atoms with Crippen LogP contribution in [0, 0.1) is 0 Å². The Balaban J connectivity index is 1.84. The molecule has 1 aromatic carbocycles. The number of imide groups is 1. The molecule has 1 N–H and O–H groups in total. The first kappa shape index (κ1) is 14.8. The molecule has 2 rings (SSSR count). The van der Waals surface area contributed by atoms with Gasteiger partial charge in [-0.25, -0.2) is 4.79 Å². The van der Waals surface area contributed by atoms with Crippen molar-refractivity contribution < 1.29 is 19.1 Å². The number of likely N-dealkylation sites (N-methyl/N-ethyl adjacent to an activating group) is 1. The molecular formula is C14H17N3O4. The van der Waals surface area contributed by atoms with Gasteiger partial charge in [0.1, 0.15) is 18.8 Å². The molecule has 0 unspecified atom stereocenters. The average molecular weight is 291 g/mol. The number of benzene rings is 1. The molecule has 0 atom stereocenters. The van der Waals surface area contributed by atoms with E-state index in [4.69, 9.17) is 4.74 Å². The summed E-state index contributed by atoms with van der Waals surface area (Å²) in [4.78, 5) is 37.2. The van der Waals surface area contributed by atoms with E-state index < -0.39 is 6.03 Å². The highest BCUT2D eigenvalue weighted by molar-refractivity contribution is 6.04. The Labute approximate surface area is 122 Å². The molecule has 0 radical (unpaired) electrons. The van der Waals surface area contributed by atoms with Crippen molar-refractivity contribution in [2.45, 2.75) is 6.54 Å². The van der Waals surface area contributed by atoms with Gasteiger partial charge in [-0.2, -0.15) is 0 Å². The van der Waals surface area contributed by atoms with Crippen molar-refractivity contribution >= 4 is 17.8 Å². The number of carbonyl (C=O) groups is 3. The van der Waals surface area contributed by atoms with Crippen molar-refractivity contribution in [2.75, 3.05) is 27.2 Å². The molecule has 7 heteroatoms. The number of hydrogen-bond donors (Lipinski definition) is 1. The number of nitrogens with zero attached hydrogens (tertiary/aromatic N) is 2. The quantitative estimate of drug-likeness (QED) is 0.786. The second-order valence-corrected chi connectivity index (χ2v) is 4.74. The van der Waals surface area contributed by atoms with Crippen LogP contribution in [0.3, 0.4) is 0 Å². The van der Waals surface area contributed by atoms with Crippen molar-refractivity contribution in [3.05, 3.63) is 29.8 Å². The minimum atomic E-state index is -0.445. The first-order chi connectivity index (χ1) is 10.0. The molecule has 1 aromatic rings. The topological polar surface area (TPSA) is 79.0 Å². The fourth-order valence-corrected chi connectivity index (χ4v) is 1.97. The van der Waals surface area contributed by atoms with Gasteiger partial charge in [-0.15, -0.1) is 0 Å². The smallest absolute Gasteiger partial charge is 0.327 e. The second kappa shape index (κ2) is 6.25. The van der Waals surface area contributed by atoms with E-state index in [0.29, 0.717) is 6.54 Å². The molecule has 1 aliphatic heterocycles. The van der Waals surface area contributed by atoms with Crippen LogP contribution in [0.15, 0.2) is 24.3 Å². The summed E-state index contributed by atoms with van der Waals surface area (Å²) in [6.07, 6.45) is 0. The lowest BCUT2D eigenvalue weighted by Crippen LogP contribution is -2.40. The lowest BCUT2D eigenvalue weighted by molar-refractivity contribution is -0.130. The van der Waals surface area contributed by atoms with Crippen LogP contribution in [-0.2, 0) is 16.1 Å². The van der Waals surface area contributed by atoms with E-state index in [1.165, 1.54) is 11.9 Å². The molecule has 0 saturated carbocycles. The lowest BCUT2D eigenvalue weighted by Gasteiger charge is -2.13. The Morgan fingerprint density at radius 3 is 2.48 bits per heavy atom. The summed E-state index contributed by atoms with van der Waals surface area (Å²) < 4.78 is 5.04. The monoisotopic (exact) mass is 291 g/mol. The highest BCUT2D eigenvalue weighted by Crippen LogP contribution is 2.11. The van der Waals surface area contributed by atoms with Crippen LogP contribution in [0.4, 0.5) is 4.79 Å². The number of nitrogens with one attached hydrogen (secondary N) is 1. The van der Waals surface area contributed by atoms with Crippen molar-refractivity contribution in [3.63, 3.8) is 0 Å². The highest BCUT2D eigenvalue weighted by Gasteiger charge is 2.34. The zero-order valence-electron chi connectivity index (χ0n) is 12.0. The van der Waals surface area contributed by atoms with E-state index in [-0.39, 0.29) is 24.9 Å². The van der Waals surface area contributed by atoms with Crippen LogP contribution in [0.25, 0.3) is 0 Å². The van der Waals surface area contributed by atoms with Gasteiger partial charge in [0.25, 0.3) is 5.91 Å². The van der Waals surface area contributed by atoms with Crippen LogP contribution in [0.1, 0.15) is 5.56 Å². The summed E-state index contributed by atoms with van der Waals surface area (Å²) in [5, 5.41) is 2.67.